The van der Waals surface area contributed by atoms with Crippen molar-refractivity contribution in [2.75, 3.05) is 32.1 Å². The third-order valence-electron chi connectivity index (χ3n) is 4.39. The number of ether oxygens (including phenoxy) is 2. The zero-order valence-corrected chi connectivity index (χ0v) is 18.5. The number of amides is 1. The highest BCUT2D eigenvalue weighted by atomic mass is 32.2. The van der Waals surface area contributed by atoms with Crippen molar-refractivity contribution >= 4 is 27.7 Å². The molecule has 162 valence electrons. The van der Waals surface area contributed by atoms with Gasteiger partial charge in [-0.3, -0.25) is 4.79 Å². The first-order chi connectivity index (χ1) is 14.3. The van der Waals surface area contributed by atoms with Gasteiger partial charge in [-0.05, 0) is 48.9 Å². The van der Waals surface area contributed by atoms with Gasteiger partial charge in [-0.2, -0.15) is 4.31 Å². The normalized spacial score (nSPS) is 11.6. The first-order valence-corrected chi connectivity index (χ1v) is 11.2. The van der Waals surface area contributed by atoms with Crippen LogP contribution in [0.3, 0.4) is 0 Å². The Morgan fingerprint density at radius 3 is 2.30 bits per heavy atom. The summed E-state index contributed by atoms with van der Waals surface area (Å²) >= 11 is 0. The minimum absolute atomic E-state index is 0.0952. The Kier molecular flexibility index (Phi) is 8.44. The van der Waals surface area contributed by atoms with E-state index in [1.54, 1.807) is 19.9 Å². The lowest BCUT2D eigenvalue weighted by molar-refractivity contribution is -0.111. The fourth-order valence-electron chi connectivity index (χ4n) is 2.85. The maximum absolute atomic E-state index is 12.8. The van der Waals surface area contributed by atoms with Crippen LogP contribution < -0.4 is 14.8 Å². The molecule has 2 aromatic carbocycles. The van der Waals surface area contributed by atoms with Crippen molar-refractivity contribution in [1.82, 2.24) is 4.31 Å². The van der Waals surface area contributed by atoms with Crippen LogP contribution in [0.15, 0.2) is 53.4 Å². The Hall–Kier alpha value is -2.84. The van der Waals surface area contributed by atoms with Crippen molar-refractivity contribution in [2.45, 2.75) is 25.7 Å². The fraction of sp³-hybridized carbons (Fsp3) is 0.318. The molecule has 0 bridgehead atoms. The number of hydrogen-bond donors (Lipinski definition) is 1. The summed E-state index contributed by atoms with van der Waals surface area (Å²) in [5.41, 5.74) is 1.12. The number of nitrogens with one attached hydrogen (secondary N) is 1. The predicted molar refractivity (Wildman–Crippen MR) is 118 cm³/mol. The second-order valence-corrected chi connectivity index (χ2v) is 8.21. The van der Waals surface area contributed by atoms with E-state index in [0.717, 1.165) is 11.3 Å². The van der Waals surface area contributed by atoms with E-state index < -0.39 is 15.9 Å². The average Bonchev–Trinajstić information content (AvgIpc) is 2.74. The SMILES string of the molecule is CCOc1ccc(/C=C/C(=O)Nc2cc(S(=O)(=O)N(CC)CC)ccc2OC)cc1. The van der Waals surface area contributed by atoms with Crippen LogP contribution in [0.1, 0.15) is 26.3 Å². The molecule has 2 rings (SSSR count). The van der Waals surface area contributed by atoms with Gasteiger partial charge in [0.15, 0.2) is 0 Å². The van der Waals surface area contributed by atoms with Crippen molar-refractivity contribution in [3.63, 3.8) is 0 Å². The molecule has 30 heavy (non-hydrogen) atoms. The topological polar surface area (TPSA) is 84.9 Å². The van der Waals surface area contributed by atoms with Crippen LogP contribution in [0, 0.1) is 0 Å². The van der Waals surface area contributed by atoms with Crippen LogP contribution >= 0.6 is 0 Å². The number of carbonyl (C=O) groups excluding carboxylic acids is 1. The van der Waals surface area contributed by atoms with E-state index in [-0.39, 0.29) is 10.6 Å². The highest BCUT2D eigenvalue weighted by Gasteiger charge is 2.23. The lowest BCUT2D eigenvalue weighted by atomic mass is 10.2. The second-order valence-electron chi connectivity index (χ2n) is 6.28. The largest absolute Gasteiger partial charge is 0.495 e. The summed E-state index contributed by atoms with van der Waals surface area (Å²) < 4.78 is 37.5. The van der Waals surface area contributed by atoms with Crippen LogP contribution in [-0.2, 0) is 14.8 Å². The first-order valence-electron chi connectivity index (χ1n) is 9.75. The van der Waals surface area contributed by atoms with Crippen molar-refractivity contribution in [3.05, 3.63) is 54.1 Å². The van der Waals surface area contributed by atoms with Gasteiger partial charge in [0.2, 0.25) is 15.9 Å². The number of anilines is 1. The zero-order chi connectivity index (χ0) is 22.1. The number of methoxy groups -OCH3 is 1. The van der Waals surface area contributed by atoms with Crippen molar-refractivity contribution < 1.29 is 22.7 Å². The molecule has 0 heterocycles. The zero-order valence-electron chi connectivity index (χ0n) is 17.7. The van der Waals surface area contributed by atoms with Crippen LogP contribution in [-0.4, -0.2) is 45.4 Å². The molecule has 2 aromatic rings. The van der Waals surface area contributed by atoms with E-state index in [1.165, 1.54) is 35.7 Å². The third kappa shape index (κ3) is 5.84. The lowest BCUT2D eigenvalue weighted by Gasteiger charge is -2.19. The van der Waals surface area contributed by atoms with Gasteiger partial charge < -0.3 is 14.8 Å². The Bertz CT molecular complexity index is 981. The lowest BCUT2D eigenvalue weighted by Crippen LogP contribution is -2.30. The molecule has 7 nitrogen and oxygen atoms in total. The van der Waals surface area contributed by atoms with E-state index in [2.05, 4.69) is 5.32 Å². The summed E-state index contributed by atoms with van der Waals surface area (Å²) in [4.78, 5) is 12.5. The van der Waals surface area contributed by atoms with Gasteiger partial charge in [-0.15, -0.1) is 0 Å². The van der Waals surface area contributed by atoms with Gasteiger partial charge in [-0.25, -0.2) is 8.42 Å². The Labute approximate surface area is 178 Å². The molecule has 0 aliphatic rings. The van der Waals surface area contributed by atoms with E-state index in [4.69, 9.17) is 9.47 Å². The average molecular weight is 433 g/mol. The van der Waals surface area contributed by atoms with Crippen LogP contribution in [0.5, 0.6) is 11.5 Å². The summed E-state index contributed by atoms with van der Waals surface area (Å²) in [5, 5.41) is 2.69. The molecular formula is C22H28N2O5S. The molecule has 1 N–H and O–H groups in total. The van der Waals surface area contributed by atoms with Crippen molar-refractivity contribution in [1.29, 1.82) is 0 Å². The molecule has 0 spiro atoms. The van der Waals surface area contributed by atoms with Gasteiger partial charge in [0.1, 0.15) is 11.5 Å². The molecule has 0 atom stereocenters. The number of sulfonamides is 1. The fourth-order valence-corrected chi connectivity index (χ4v) is 4.33. The number of nitrogens with zero attached hydrogens (tertiary/aromatic N) is 1. The highest BCUT2D eigenvalue weighted by Crippen LogP contribution is 2.29. The number of hydrogen-bond acceptors (Lipinski definition) is 5. The third-order valence-corrected chi connectivity index (χ3v) is 6.44. The van der Waals surface area contributed by atoms with Gasteiger partial charge in [0.05, 0.1) is 24.3 Å². The van der Waals surface area contributed by atoms with Gasteiger partial charge in [-0.1, -0.05) is 26.0 Å². The predicted octanol–water partition coefficient (Wildman–Crippen LogP) is 3.78. The molecule has 8 heteroatoms. The van der Waals surface area contributed by atoms with E-state index in [9.17, 15) is 13.2 Å². The summed E-state index contributed by atoms with van der Waals surface area (Å²) in [5.74, 6) is 0.728. The molecule has 0 aliphatic carbocycles. The molecule has 0 aromatic heterocycles. The summed E-state index contributed by atoms with van der Waals surface area (Å²) in [6, 6.07) is 11.7. The first kappa shape index (κ1) is 23.4. The molecule has 0 aliphatic heterocycles. The van der Waals surface area contributed by atoms with Crippen LogP contribution in [0.4, 0.5) is 5.69 Å². The van der Waals surface area contributed by atoms with E-state index in [1.807, 2.05) is 31.2 Å². The summed E-state index contributed by atoms with van der Waals surface area (Å²) in [6.45, 7) is 6.77. The smallest absolute Gasteiger partial charge is 0.248 e. The molecule has 0 unspecified atom stereocenters. The number of benzene rings is 2. The molecule has 0 saturated heterocycles. The van der Waals surface area contributed by atoms with Gasteiger partial charge in [0.25, 0.3) is 0 Å². The maximum atomic E-state index is 12.8. The summed E-state index contributed by atoms with van der Waals surface area (Å²) in [7, 11) is -2.19. The van der Waals surface area contributed by atoms with E-state index >= 15 is 0 Å². The Morgan fingerprint density at radius 1 is 1.07 bits per heavy atom. The van der Waals surface area contributed by atoms with Gasteiger partial charge in [0, 0.05) is 19.2 Å². The molecule has 0 fully saturated rings. The second kappa shape index (κ2) is 10.8. The highest BCUT2D eigenvalue weighted by molar-refractivity contribution is 7.89. The minimum atomic E-state index is -3.65. The van der Waals surface area contributed by atoms with Gasteiger partial charge >= 0.3 is 0 Å². The van der Waals surface area contributed by atoms with E-state index in [0.29, 0.717) is 25.4 Å². The van der Waals surface area contributed by atoms with Crippen LogP contribution in [0.2, 0.25) is 0 Å². The van der Waals surface area contributed by atoms with Crippen molar-refractivity contribution in [3.8, 4) is 11.5 Å². The quantitative estimate of drug-likeness (QED) is 0.578. The monoisotopic (exact) mass is 432 g/mol. The summed E-state index contributed by atoms with van der Waals surface area (Å²) in [6.07, 6.45) is 3.04. The van der Waals surface area contributed by atoms with Crippen LogP contribution in [0.25, 0.3) is 6.08 Å². The van der Waals surface area contributed by atoms with Crippen molar-refractivity contribution in [2.24, 2.45) is 0 Å². The molecule has 0 saturated carbocycles. The molecule has 0 radical (unpaired) electrons. The number of carbonyl (C=O) groups is 1. The molecular weight excluding hydrogens is 404 g/mol. The molecule has 1 amide bonds. The Morgan fingerprint density at radius 2 is 1.73 bits per heavy atom. The maximum Gasteiger partial charge on any atom is 0.248 e. The minimum Gasteiger partial charge on any atom is -0.495 e. The Balaban J connectivity index is 2.20. The number of rotatable bonds is 10. The standard InChI is InChI=1S/C22H28N2O5S/c1-5-24(6-2)30(26,27)19-13-14-21(28-4)20(16-19)23-22(25)15-10-17-8-11-18(12-9-17)29-7-3/h8-16H,5-7H2,1-4H3,(H,23,25)/b15-10+.